The highest BCUT2D eigenvalue weighted by Crippen LogP contribution is 2.31. The lowest BCUT2D eigenvalue weighted by atomic mass is 9.87. The topological polar surface area (TPSA) is 82.1 Å². The maximum absolute atomic E-state index is 12.0. The van der Waals surface area contributed by atoms with Crippen LogP contribution in [0.2, 0.25) is 0 Å². The number of hydrogen-bond donors (Lipinski definition) is 0. The summed E-state index contributed by atoms with van der Waals surface area (Å²) >= 11 is 0. The number of amides is 1. The SMILES string of the molecule is CC(C)OC(=O)N1CCC(C[C@H]2CO[C@H](c3ccc(S(C)(=O)=O)cc3)OC2)CC1. The number of hydrogen-bond acceptors (Lipinski definition) is 6. The fourth-order valence-corrected chi connectivity index (χ4v) is 4.47. The van der Waals surface area contributed by atoms with Gasteiger partial charge >= 0.3 is 6.09 Å². The van der Waals surface area contributed by atoms with Crippen LogP contribution in [0.3, 0.4) is 0 Å². The molecule has 0 N–H and O–H groups in total. The molecule has 162 valence electrons. The van der Waals surface area contributed by atoms with E-state index in [1.807, 2.05) is 13.8 Å². The molecule has 1 aromatic rings. The Morgan fingerprint density at radius 2 is 1.69 bits per heavy atom. The van der Waals surface area contributed by atoms with Crippen molar-refractivity contribution in [2.45, 2.75) is 50.4 Å². The van der Waals surface area contributed by atoms with Gasteiger partial charge in [0.1, 0.15) is 0 Å². The quantitative estimate of drug-likeness (QED) is 0.719. The van der Waals surface area contributed by atoms with Crippen LogP contribution in [0.25, 0.3) is 0 Å². The van der Waals surface area contributed by atoms with Gasteiger partial charge in [-0.3, -0.25) is 0 Å². The van der Waals surface area contributed by atoms with E-state index in [1.54, 1.807) is 29.2 Å². The van der Waals surface area contributed by atoms with E-state index in [9.17, 15) is 13.2 Å². The number of carbonyl (C=O) groups is 1. The lowest BCUT2D eigenvalue weighted by molar-refractivity contribution is -0.207. The van der Waals surface area contributed by atoms with Crippen LogP contribution in [0.4, 0.5) is 4.79 Å². The van der Waals surface area contributed by atoms with E-state index < -0.39 is 16.1 Å². The van der Waals surface area contributed by atoms with Gasteiger partial charge < -0.3 is 19.1 Å². The first-order valence-electron chi connectivity index (χ1n) is 10.2. The van der Waals surface area contributed by atoms with Crippen LogP contribution in [0, 0.1) is 11.8 Å². The molecule has 0 radical (unpaired) electrons. The molecule has 2 heterocycles. The van der Waals surface area contributed by atoms with Gasteiger partial charge in [0.15, 0.2) is 16.1 Å². The van der Waals surface area contributed by atoms with E-state index in [0.717, 1.165) is 37.9 Å². The third-order valence-electron chi connectivity index (χ3n) is 5.42. The molecule has 2 fully saturated rings. The Kier molecular flexibility index (Phi) is 7.19. The van der Waals surface area contributed by atoms with Crippen LogP contribution < -0.4 is 0 Å². The zero-order valence-corrected chi connectivity index (χ0v) is 18.2. The minimum atomic E-state index is -3.21. The summed E-state index contributed by atoms with van der Waals surface area (Å²) in [7, 11) is -3.21. The predicted molar refractivity (Wildman–Crippen MR) is 108 cm³/mol. The molecule has 0 unspecified atom stereocenters. The molecule has 1 amide bonds. The summed E-state index contributed by atoms with van der Waals surface area (Å²) in [5.74, 6) is 0.890. The highest BCUT2D eigenvalue weighted by Gasteiger charge is 2.29. The van der Waals surface area contributed by atoms with Crippen molar-refractivity contribution in [1.82, 2.24) is 4.90 Å². The first-order chi connectivity index (χ1) is 13.7. The standard InChI is InChI=1S/C21H31NO6S/c1-15(2)28-21(23)22-10-8-16(9-11-22)12-17-13-26-20(27-14-17)18-4-6-19(7-5-18)29(3,24)25/h4-7,15-17,20H,8-14H2,1-3H3/t17-,20-. The Hall–Kier alpha value is -1.64. The number of benzene rings is 1. The Morgan fingerprint density at radius 3 is 2.21 bits per heavy atom. The number of sulfone groups is 1. The highest BCUT2D eigenvalue weighted by atomic mass is 32.2. The van der Waals surface area contributed by atoms with E-state index in [2.05, 4.69) is 0 Å². The van der Waals surface area contributed by atoms with E-state index in [1.165, 1.54) is 6.26 Å². The molecule has 7 nitrogen and oxygen atoms in total. The molecule has 0 aromatic heterocycles. The minimum Gasteiger partial charge on any atom is -0.447 e. The van der Waals surface area contributed by atoms with E-state index in [4.69, 9.17) is 14.2 Å². The van der Waals surface area contributed by atoms with Gasteiger partial charge in [-0.15, -0.1) is 0 Å². The minimum absolute atomic E-state index is 0.0905. The molecule has 2 saturated heterocycles. The molecule has 29 heavy (non-hydrogen) atoms. The van der Waals surface area contributed by atoms with Gasteiger partial charge in [0, 0.05) is 30.8 Å². The van der Waals surface area contributed by atoms with Crippen molar-refractivity contribution in [1.29, 1.82) is 0 Å². The van der Waals surface area contributed by atoms with Gasteiger partial charge in [0.2, 0.25) is 0 Å². The second-order valence-electron chi connectivity index (χ2n) is 8.30. The predicted octanol–water partition coefficient (Wildman–Crippen LogP) is 3.40. The maximum atomic E-state index is 12.0. The molecule has 8 heteroatoms. The molecule has 1 aromatic carbocycles. The fraction of sp³-hybridized carbons (Fsp3) is 0.667. The number of nitrogens with zero attached hydrogens (tertiary/aromatic N) is 1. The zero-order valence-electron chi connectivity index (χ0n) is 17.4. The summed E-state index contributed by atoms with van der Waals surface area (Å²) in [6.07, 6.45) is 3.40. The number of likely N-dealkylation sites (tertiary alicyclic amines) is 1. The molecule has 0 bridgehead atoms. The summed E-state index contributed by atoms with van der Waals surface area (Å²) in [5, 5.41) is 0. The van der Waals surface area contributed by atoms with Crippen LogP contribution in [0.15, 0.2) is 29.2 Å². The van der Waals surface area contributed by atoms with Gasteiger partial charge in [-0.25, -0.2) is 13.2 Å². The summed E-state index contributed by atoms with van der Waals surface area (Å²) in [5.41, 5.74) is 0.827. The van der Waals surface area contributed by atoms with Gasteiger partial charge in [-0.1, -0.05) is 12.1 Å². The number of ether oxygens (including phenoxy) is 3. The highest BCUT2D eigenvalue weighted by molar-refractivity contribution is 7.90. The number of rotatable bonds is 5. The monoisotopic (exact) mass is 425 g/mol. The lowest BCUT2D eigenvalue weighted by Gasteiger charge is -2.35. The molecule has 0 atom stereocenters. The van der Waals surface area contributed by atoms with E-state index >= 15 is 0 Å². The van der Waals surface area contributed by atoms with Crippen molar-refractivity contribution in [2.75, 3.05) is 32.6 Å². The van der Waals surface area contributed by atoms with Crippen molar-refractivity contribution in [2.24, 2.45) is 11.8 Å². The average molecular weight is 426 g/mol. The Labute approximate surface area is 173 Å². The van der Waals surface area contributed by atoms with Gasteiger partial charge in [0.05, 0.1) is 24.2 Å². The Morgan fingerprint density at radius 1 is 1.10 bits per heavy atom. The molecular formula is C21H31NO6S. The fourth-order valence-electron chi connectivity index (χ4n) is 3.84. The lowest BCUT2D eigenvalue weighted by Crippen LogP contribution is -2.40. The summed E-state index contributed by atoms with van der Waals surface area (Å²) in [6.45, 7) is 6.43. The molecule has 0 saturated carbocycles. The van der Waals surface area contributed by atoms with Crippen molar-refractivity contribution < 1.29 is 27.4 Å². The van der Waals surface area contributed by atoms with Crippen molar-refractivity contribution in [3.63, 3.8) is 0 Å². The first-order valence-corrected chi connectivity index (χ1v) is 12.1. The van der Waals surface area contributed by atoms with E-state index in [-0.39, 0.29) is 12.2 Å². The Bertz CT molecular complexity index is 776. The van der Waals surface area contributed by atoms with Crippen LogP contribution in [0.5, 0.6) is 0 Å². The Balaban J connectivity index is 1.42. The third-order valence-corrected chi connectivity index (χ3v) is 6.55. The smallest absolute Gasteiger partial charge is 0.410 e. The van der Waals surface area contributed by atoms with Gasteiger partial charge in [0.25, 0.3) is 0 Å². The van der Waals surface area contributed by atoms with Crippen LogP contribution in [-0.2, 0) is 24.0 Å². The summed E-state index contributed by atoms with van der Waals surface area (Å²) in [4.78, 5) is 14.1. The number of piperidine rings is 1. The zero-order chi connectivity index (χ0) is 21.0. The molecular weight excluding hydrogens is 394 g/mol. The number of carbonyl (C=O) groups excluding carboxylic acids is 1. The summed E-state index contributed by atoms with van der Waals surface area (Å²) < 4.78 is 40.2. The molecule has 3 rings (SSSR count). The molecule has 0 spiro atoms. The second-order valence-corrected chi connectivity index (χ2v) is 10.3. The van der Waals surface area contributed by atoms with Crippen molar-refractivity contribution in [3.8, 4) is 0 Å². The van der Waals surface area contributed by atoms with Crippen LogP contribution in [0.1, 0.15) is 45.0 Å². The maximum Gasteiger partial charge on any atom is 0.410 e. The van der Waals surface area contributed by atoms with Gasteiger partial charge in [-0.05, 0) is 51.2 Å². The largest absolute Gasteiger partial charge is 0.447 e. The molecule has 0 aliphatic carbocycles. The normalized spacial score (nSPS) is 23.9. The summed E-state index contributed by atoms with van der Waals surface area (Å²) in [6, 6.07) is 6.66. The third kappa shape index (κ3) is 6.17. The molecule has 2 aliphatic heterocycles. The van der Waals surface area contributed by atoms with Crippen LogP contribution >= 0.6 is 0 Å². The van der Waals surface area contributed by atoms with Crippen molar-refractivity contribution >= 4 is 15.9 Å². The second kappa shape index (κ2) is 9.45. The van der Waals surface area contributed by atoms with Crippen LogP contribution in [-0.4, -0.2) is 58.1 Å². The van der Waals surface area contributed by atoms with Crippen molar-refractivity contribution in [3.05, 3.63) is 29.8 Å². The van der Waals surface area contributed by atoms with E-state index in [0.29, 0.717) is 29.9 Å². The first kappa shape index (κ1) is 22.1. The molecule has 2 aliphatic rings. The average Bonchev–Trinajstić information content (AvgIpc) is 2.68. The van der Waals surface area contributed by atoms with Gasteiger partial charge in [-0.2, -0.15) is 0 Å².